The SMILES string of the molecule is CC(C)(O)CCn1cc(CCO)nn1. The lowest BCUT2D eigenvalue weighted by Gasteiger charge is -2.15. The molecule has 1 aromatic rings. The van der Waals surface area contributed by atoms with Crippen LogP contribution < -0.4 is 0 Å². The molecule has 0 bridgehead atoms. The first-order chi connectivity index (χ1) is 6.51. The second kappa shape index (κ2) is 4.52. The summed E-state index contributed by atoms with van der Waals surface area (Å²) in [6, 6.07) is 0. The van der Waals surface area contributed by atoms with Crippen LogP contribution in [0.4, 0.5) is 0 Å². The Morgan fingerprint density at radius 1 is 1.50 bits per heavy atom. The van der Waals surface area contributed by atoms with E-state index in [9.17, 15) is 5.11 Å². The molecule has 5 heteroatoms. The van der Waals surface area contributed by atoms with Crippen LogP contribution in [-0.4, -0.2) is 37.4 Å². The largest absolute Gasteiger partial charge is 0.396 e. The van der Waals surface area contributed by atoms with Gasteiger partial charge in [0, 0.05) is 25.8 Å². The van der Waals surface area contributed by atoms with Crippen molar-refractivity contribution in [2.45, 2.75) is 38.8 Å². The Kier molecular flexibility index (Phi) is 3.60. The number of aliphatic hydroxyl groups is 2. The molecule has 0 saturated carbocycles. The van der Waals surface area contributed by atoms with Crippen LogP contribution in [0.5, 0.6) is 0 Å². The summed E-state index contributed by atoms with van der Waals surface area (Å²) in [4.78, 5) is 0. The molecule has 80 valence electrons. The van der Waals surface area contributed by atoms with Crippen molar-refractivity contribution in [2.75, 3.05) is 6.61 Å². The highest BCUT2D eigenvalue weighted by Crippen LogP contribution is 2.08. The van der Waals surface area contributed by atoms with Gasteiger partial charge in [-0.05, 0) is 20.3 Å². The summed E-state index contributed by atoms with van der Waals surface area (Å²) in [6.45, 7) is 4.25. The molecule has 0 aliphatic carbocycles. The van der Waals surface area contributed by atoms with Gasteiger partial charge in [0.25, 0.3) is 0 Å². The number of rotatable bonds is 5. The summed E-state index contributed by atoms with van der Waals surface area (Å²) in [5, 5.41) is 25.9. The number of hydrogen-bond donors (Lipinski definition) is 2. The number of aryl methyl sites for hydroxylation is 1. The van der Waals surface area contributed by atoms with Gasteiger partial charge in [0.2, 0.25) is 0 Å². The van der Waals surface area contributed by atoms with Crippen molar-refractivity contribution >= 4 is 0 Å². The van der Waals surface area contributed by atoms with E-state index in [0.717, 1.165) is 5.69 Å². The normalized spacial score (nSPS) is 12.0. The van der Waals surface area contributed by atoms with Gasteiger partial charge in [0.15, 0.2) is 0 Å². The summed E-state index contributed by atoms with van der Waals surface area (Å²) in [6.07, 6.45) is 2.96. The van der Waals surface area contributed by atoms with Crippen LogP contribution in [-0.2, 0) is 13.0 Å². The van der Waals surface area contributed by atoms with Gasteiger partial charge in [-0.15, -0.1) is 5.10 Å². The number of aromatic nitrogens is 3. The standard InChI is InChI=1S/C9H17N3O2/c1-9(2,14)4-5-12-7-8(3-6-13)10-11-12/h7,13-14H,3-6H2,1-2H3. The Morgan fingerprint density at radius 3 is 2.79 bits per heavy atom. The Hall–Kier alpha value is -0.940. The quantitative estimate of drug-likeness (QED) is 0.698. The highest BCUT2D eigenvalue weighted by molar-refractivity contribution is 4.92. The first-order valence-electron chi connectivity index (χ1n) is 4.73. The van der Waals surface area contributed by atoms with Crippen LogP contribution in [0.1, 0.15) is 26.0 Å². The zero-order chi connectivity index (χ0) is 10.6. The molecule has 0 radical (unpaired) electrons. The monoisotopic (exact) mass is 199 g/mol. The molecule has 0 aliphatic heterocycles. The first kappa shape index (κ1) is 11.1. The van der Waals surface area contributed by atoms with Crippen LogP contribution in [0, 0.1) is 0 Å². The number of aliphatic hydroxyl groups excluding tert-OH is 1. The summed E-state index contributed by atoms with van der Waals surface area (Å²) in [5.41, 5.74) is 0.103. The Balaban J connectivity index is 2.44. The Bertz CT molecular complexity index is 278. The van der Waals surface area contributed by atoms with Gasteiger partial charge in [-0.2, -0.15) is 0 Å². The molecular formula is C9H17N3O2. The van der Waals surface area contributed by atoms with Gasteiger partial charge < -0.3 is 10.2 Å². The van der Waals surface area contributed by atoms with Crippen molar-refractivity contribution in [1.82, 2.24) is 15.0 Å². The molecule has 1 heterocycles. The minimum Gasteiger partial charge on any atom is -0.396 e. The summed E-state index contributed by atoms with van der Waals surface area (Å²) in [5.74, 6) is 0. The lowest BCUT2D eigenvalue weighted by molar-refractivity contribution is 0.0649. The molecule has 0 saturated heterocycles. The van der Waals surface area contributed by atoms with Gasteiger partial charge in [-0.3, -0.25) is 4.68 Å². The van der Waals surface area contributed by atoms with E-state index in [1.165, 1.54) is 0 Å². The van der Waals surface area contributed by atoms with E-state index in [2.05, 4.69) is 10.3 Å². The van der Waals surface area contributed by atoms with E-state index >= 15 is 0 Å². The van der Waals surface area contributed by atoms with E-state index in [-0.39, 0.29) is 6.61 Å². The maximum atomic E-state index is 9.49. The summed E-state index contributed by atoms with van der Waals surface area (Å²) >= 11 is 0. The maximum absolute atomic E-state index is 9.49. The van der Waals surface area contributed by atoms with Crippen molar-refractivity contribution in [3.8, 4) is 0 Å². The highest BCUT2D eigenvalue weighted by Gasteiger charge is 2.12. The molecule has 0 unspecified atom stereocenters. The van der Waals surface area contributed by atoms with E-state index in [4.69, 9.17) is 5.11 Å². The molecule has 2 N–H and O–H groups in total. The van der Waals surface area contributed by atoms with Crippen molar-refractivity contribution in [3.63, 3.8) is 0 Å². The first-order valence-corrected chi connectivity index (χ1v) is 4.73. The zero-order valence-electron chi connectivity index (χ0n) is 8.64. The Labute approximate surface area is 83.4 Å². The lowest BCUT2D eigenvalue weighted by Crippen LogP contribution is -2.21. The molecule has 0 aliphatic rings. The molecule has 5 nitrogen and oxygen atoms in total. The van der Waals surface area contributed by atoms with Gasteiger partial charge >= 0.3 is 0 Å². The van der Waals surface area contributed by atoms with Gasteiger partial charge in [-0.25, -0.2) is 0 Å². The predicted octanol–water partition coefficient (Wildman–Crippen LogP) is -0.0261. The molecule has 0 atom stereocenters. The van der Waals surface area contributed by atoms with Crippen molar-refractivity contribution in [3.05, 3.63) is 11.9 Å². The van der Waals surface area contributed by atoms with E-state index in [1.54, 1.807) is 24.7 Å². The molecule has 0 spiro atoms. The van der Waals surface area contributed by atoms with Crippen molar-refractivity contribution < 1.29 is 10.2 Å². The van der Waals surface area contributed by atoms with Crippen LogP contribution in [0.25, 0.3) is 0 Å². The van der Waals surface area contributed by atoms with Crippen molar-refractivity contribution in [2.24, 2.45) is 0 Å². The average Bonchev–Trinajstić information content (AvgIpc) is 2.49. The molecule has 1 rings (SSSR count). The zero-order valence-corrected chi connectivity index (χ0v) is 8.64. The molecule has 0 fully saturated rings. The van der Waals surface area contributed by atoms with Gasteiger partial charge in [0.1, 0.15) is 0 Å². The fourth-order valence-corrected chi connectivity index (χ4v) is 1.07. The number of nitrogens with zero attached hydrogens (tertiary/aromatic N) is 3. The van der Waals surface area contributed by atoms with Crippen LogP contribution in [0.3, 0.4) is 0 Å². The van der Waals surface area contributed by atoms with E-state index in [0.29, 0.717) is 19.4 Å². The molecular weight excluding hydrogens is 182 g/mol. The third-order valence-electron chi connectivity index (χ3n) is 1.91. The molecule has 1 aromatic heterocycles. The predicted molar refractivity (Wildman–Crippen MR) is 51.7 cm³/mol. The molecule has 0 amide bonds. The fraction of sp³-hybridized carbons (Fsp3) is 0.778. The van der Waals surface area contributed by atoms with Crippen LogP contribution >= 0.6 is 0 Å². The summed E-state index contributed by atoms with van der Waals surface area (Å²) < 4.78 is 1.68. The minimum atomic E-state index is -0.677. The minimum absolute atomic E-state index is 0.0875. The van der Waals surface area contributed by atoms with E-state index < -0.39 is 5.60 Å². The number of hydrogen-bond acceptors (Lipinski definition) is 4. The summed E-state index contributed by atoms with van der Waals surface area (Å²) in [7, 11) is 0. The molecule has 14 heavy (non-hydrogen) atoms. The topological polar surface area (TPSA) is 71.2 Å². The van der Waals surface area contributed by atoms with Gasteiger partial charge in [-0.1, -0.05) is 5.21 Å². The van der Waals surface area contributed by atoms with Crippen LogP contribution in [0.2, 0.25) is 0 Å². The van der Waals surface area contributed by atoms with Crippen LogP contribution in [0.15, 0.2) is 6.20 Å². The second-order valence-corrected chi connectivity index (χ2v) is 4.01. The smallest absolute Gasteiger partial charge is 0.0849 e. The Morgan fingerprint density at radius 2 is 2.21 bits per heavy atom. The maximum Gasteiger partial charge on any atom is 0.0849 e. The highest BCUT2D eigenvalue weighted by atomic mass is 16.3. The average molecular weight is 199 g/mol. The lowest BCUT2D eigenvalue weighted by atomic mass is 10.1. The van der Waals surface area contributed by atoms with E-state index in [1.807, 2.05) is 0 Å². The fourth-order valence-electron chi connectivity index (χ4n) is 1.07. The molecule has 0 aromatic carbocycles. The third-order valence-corrected chi connectivity index (χ3v) is 1.91. The third kappa shape index (κ3) is 3.85. The van der Waals surface area contributed by atoms with Crippen molar-refractivity contribution in [1.29, 1.82) is 0 Å². The van der Waals surface area contributed by atoms with Gasteiger partial charge in [0.05, 0.1) is 11.3 Å². The second-order valence-electron chi connectivity index (χ2n) is 4.01.